The fourth-order valence-corrected chi connectivity index (χ4v) is 4.84. The molecule has 3 aliphatic rings. The first-order valence-electron chi connectivity index (χ1n) is 7.68. The topological polar surface area (TPSA) is 45.3 Å². The summed E-state index contributed by atoms with van der Waals surface area (Å²) in [6.45, 7) is 0. The molecule has 4 heteroatoms. The molecule has 2 aromatic rings. The van der Waals surface area contributed by atoms with Gasteiger partial charge in [0.2, 0.25) is 0 Å². The van der Waals surface area contributed by atoms with Crippen molar-refractivity contribution in [1.82, 2.24) is 9.88 Å². The molecule has 1 aromatic heterocycles. The molecular formula is C17H18N2O2. The van der Waals surface area contributed by atoms with Crippen LogP contribution >= 0.6 is 0 Å². The Kier molecular flexibility index (Phi) is 1.97. The zero-order chi connectivity index (χ0) is 14.2. The highest BCUT2D eigenvalue weighted by Gasteiger charge is 2.80. The Labute approximate surface area is 123 Å². The van der Waals surface area contributed by atoms with Crippen molar-refractivity contribution in [3.8, 4) is 0 Å². The van der Waals surface area contributed by atoms with E-state index in [9.17, 15) is 4.79 Å². The van der Waals surface area contributed by atoms with E-state index in [1.165, 1.54) is 12.8 Å². The number of ether oxygens (including phenoxy) is 1. The minimum Gasteiger partial charge on any atom is -0.453 e. The number of benzene rings is 1. The van der Waals surface area contributed by atoms with Gasteiger partial charge in [-0.25, -0.2) is 4.79 Å². The number of hydrogen-bond donors (Lipinski definition) is 1. The van der Waals surface area contributed by atoms with Crippen molar-refractivity contribution in [2.75, 3.05) is 7.05 Å². The van der Waals surface area contributed by atoms with E-state index in [0.29, 0.717) is 11.6 Å². The van der Waals surface area contributed by atoms with Gasteiger partial charge in [-0.15, -0.1) is 0 Å². The number of piperidine rings is 1. The quantitative estimate of drug-likeness (QED) is 0.861. The normalized spacial score (nSPS) is 36.9. The molecule has 21 heavy (non-hydrogen) atoms. The highest BCUT2D eigenvalue weighted by Crippen LogP contribution is 2.69. The van der Waals surface area contributed by atoms with E-state index in [1.807, 2.05) is 24.3 Å². The number of carbonyl (C=O) groups is 1. The summed E-state index contributed by atoms with van der Waals surface area (Å²) in [5.41, 5.74) is 1.59. The Hall–Kier alpha value is -1.81. The number of carbonyl (C=O) groups excluding carboxylic acids is 1. The van der Waals surface area contributed by atoms with E-state index < -0.39 is 0 Å². The maximum Gasteiger partial charge on any atom is 0.340 e. The van der Waals surface area contributed by atoms with Gasteiger partial charge in [-0.2, -0.15) is 0 Å². The lowest BCUT2D eigenvalue weighted by Gasteiger charge is -2.20. The summed E-state index contributed by atoms with van der Waals surface area (Å²) in [4.78, 5) is 18.2. The van der Waals surface area contributed by atoms with E-state index >= 15 is 0 Å². The minimum atomic E-state index is -0.208. The number of fused-ring (bicyclic) bond motifs is 2. The van der Waals surface area contributed by atoms with Crippen molar-refractivity contribution in [3.63, 3.8) is 0 Å². The molecule has 1 aliphatic carbocycles. The maximum absolute atomic E-state index is 12.6. The number of aromatic nitrogens is 1. The molecule has 5 rings (SSSR count). The van der Waals surface area contributed by atoms with Crippen LogP contribution in [0.1, 0.15) is 36.0 Å². The van der Waals surface area contributed by atoms with Gasteiger partial charge in [-0.05, 0) is 26.0 Å². The number of aromatic amines is 1. The molecule has 3 fully saturated rings. The van der Waals surface area contributed by atoms with Crippen LogP contribution in [0.2, 0.25) is 0 Å². The Balaban J connectivity index is 1.47. The van der Waals surface area contributed by atoms with Crippen LogP contribution in [-0.2, 0) is 4.74 Å². The van der Waals surface area contributed by atoms with E-state index in [2.05, 4.69) is 16.9 Å². The van der Waals surface area contributed by atoms with Gasteiger partial charge in [0.15, 0.2) is 0 Å². The van der Waals surface area contributed by atoms with Crippen LogP contribution in [0.5, 0.6) is 0 Å². The van der Waals surface area contributed by atoms with Crippen LogP contribution in [0, 0.1) is 0 Å². The SMILES string of the molecule is CN1C2CCC13CC3(OC(=O)c1c[nH]c3ccccc13)C2. The van der Waals surface area contributed by atoms with Crippen molar-refractivity contribution in [1.29, 1.82) is 0 Å². The number of H-pyrrole nitrogens is 1. The van der Waals surface area contributed by atoms with Crippen molar-refractivity contribution >= 4 is 16.9 Å². The molecule has 2 saturated heterocycles. The molecule has 1 aromatic carbocycles. The average molecular weight is 282 g/mol. The largest absolute Gasteiger partial charge is 0.453 e. The molecule has 2 bridgehead atoms. The monoisotopic (exact) mass is 282 g/mol. The third-order valence-electron chi connectivity index (χ3n) is 6.08. The fraction of sp³-hybridized carbons (Fsp3) is 0.471. The molecule has 0 radical (unpaired) electrons. The molecule has 3 unspecified atom stereocenters. The van der Waals surface area contributed by atoms with Crippen molar-refractivity contribution in [3.05, 3.63) is 36.0 Å². The zero-order valence-corrected chi connectivity index (χ0v) is 12.1. The van der Waals surface area contributed by atoms with Gasteiger partial charge < -0.3 is 9.72 Å². The van der Waals surface area contributed by atoms with Gasteiger partial charge in [0.25, 0.3) is 0 Å². The fourth-order valence-electron chi connectivity index (χ4n) is 4.84. The van der Waals surface area contributed by atoms with Crippen LogP contribution in [0.15, 0.2) is 30.5 Å². The van der Waals surface area contributed by atoms with Crippen LogP contribution in [0.4, 0.5) is 0 Å². The van der Waals surface area contributed by atoms with E-state index in [4.69, 9.17) is 4.74 Å². The van der Waals surface area contributed by atoms with Crippen LogP contribution in [0.25, 0.3) is 10.9 Å². The Morgan fingerprint density at radius 1 is 1.43 bits per heavy atom. The van der Waals surface area contributed by atoms with Crippen molar-refractivity contribution < 1.29 is 9.53 Å². The second-order valence-electron chi connectivity index (χ2n) is 6.85. The first-order valence-corrected chi connectivity index (χ1v) is 7.68. The average Bonchev–Trinajstić information content (AvgIpc) is 2.71. The number of likely N-dealkylation sites (N-methyl/N-ethyl adjacent to an activating group) is 1. The first-order chi connectivity index (χ1) is 10.2. The summed E-state index contributed by atoms with van der Waals surface area (Å²) >= 11 is 0. The number of esters is 1. The lowest BCUT2D eigenvalue weighted by atomic mass is 9.97. The summed E-state index contributed by atoms with van der Waals surface area (Å²) in [7, 11) is 2.19. The van der Waals surface area contributed by atoms with E-state index in [-0.39, 0.29) is 17.1 Å². The smallest absolute Gasteiger partial charge is 0.340 e. The maximum atomic E-state index is 12.6. The summed E-state index contributed by atoms with van der Waals surface area (Å²) < 4.78 is 6.02. The molecule has 2 aliphatic heterocycles. The number of hydrogen-bond acceptors (Lipinski definition) is 3. The number of nitrogens with one attached hydrogen (secondary N) is 1. The number of rotatable bonds is 2. The van der Waals surface area contributed by atoms with Gasteiger partial charge in [0, 0.05) is 36.0 Å². The lowest BCUT2D eigenvalue weighted by molar-refractivity contribution is 0.0141. The van der Waals surface area contributed by atoms with Crippen LogP contribution in [0.3, 0.4) is 0 Å². The summed E-state index contributed by atoms with van der Waals surface area (Å²) in [6.07, 6.45) is 6.23. The van der Waals surface area contributed by atoms with Crippen molar-refractivity contribution in [2.45, 2.75) is 42.9 Å². The van der Waals surface area contributed by atoms with Crippen LogP contribution < -0.4 is 0 Å². The lowest BCUT2D eigenvalue weighted by Crippen LogP contribution is -2.32. The molecule has 1 spiro atoms. The van der Waals surface area contributed by atoms with Gasteiger partial charge in [0.05, 0.1) is 11.1 Å². The Morgan fingerprint density at radius 2 is 2.29 bits per heavy atom. The summed E-state index contributed by atoms with van der Waals surface area (Å²) in [5.74, 6) is -0.176. The highest BCUT2D eigenvalue weighted by molar-refractivity contribution is 6.04. The zero-order valence-electron chi connectivity index (χ0n) is 12.1. The second kappa shape index (κ2) is 3.50. The molecular weight excluding hydrogens is 264 g/mol. The highest BCUT2D eigenvalue weighted by atomic mass is 16.6. The molecule has 3 heterocycles. The van der Waals surface area contributed by atoms with Gasteiger partial charge in [0.1, 0.15) is 5.60 Å². The van der Waals surface area contributed by atoms with Gasteiger partial charge in [-0.3, -0.25) is 4.90 Å². The number of para-hydroxylation sites is 1. The summed E-state index contributed by atoms with van der Waals surface area (Å²) in [6, 6.07) is 8.47. The molecule has 108 valence electrons. The van der Waals surface area contributed by atoms with Crippen LogP contribution in [-0.4, -0.2) is 40.1 Å². The second-order valence-corrected chi connectivity index (χ2v) is 6.85. The van der Waals surface area contributed by atoms with E-state index in [1.54, 1.807) is 6.20 Å². The third kappa shape index (κ3) is 1.27. The third-order valence-corrected chi connectivity index (χ3v) is 6.08. The van der Waals surface area contributed by atoms with Gasteiger partial charge in [-0.1, -0.05) is 18.2 Å². The molecule has 1 N–H and O–H groups in total. The minimum absolute atomic E-state index is 0.152. The first kappa shape index (κ1) is 11.8. The molecule has 3 atom stereocenters. The summed E-state index contributed by atoms with van der Waals surface area (Å²) in [5, 5.41) is 0.949. The molecule has 4 nitrogen and oxygen atoms in total. The predicted octanol–water partition coefficient (Wildman–Crippen LogP) is 2.70. The van der Waals surface area contributed by atoms with E-state index in [0.717, 1.165) is 23.7 Å². The molecule has 1 saturated carbocycles. The predicted molar refractivity (Wildman–Crippen MR) is 79.2 cm³/mol. The van der Waals surface area contributed by atoms with Gasteiger partial charge >= 0.3 is 5.97 Å². The molecule has 0 amide bonds. The van der Waals surface area contributed by atoms with Crippen molar-refractivity contribution in [2.24, 2.45) is 0 Å². The Morgan fingerprint density at radius 3 is 3.05 bits per heavy atom. The number of nitrogens with zero attached hydrogens (tertiary/aromatic N) is 1. The standard InChI is InChI=1S/C17H18N2O2/c1-19-11-6-7-16(19)10-17(16,8-11)21-15(20)13-9-18-14-5-3-2-4-12(13)14/h2-5,9,11,18H,6-8,10H2,1H3. The Bertz CT molecular complexity index is 767.